The molecule has 12 heteroatoms. The molecule has 1 aliphatic heterocycles. The van der Waals surface area contributed by atoms with Crippen molar-refractivity contribution in [2.45, 2.75) is 37.7 Å². The van der Waals surface area contributed by atoms with Gasteiger partial charge in [0.25, 0.3) is 0 Å². The van der Waals surface area contributed by atoms with Crippen LogP contribution in [-0.2, 0) is 12.7 Å². The minimum absolute atomic E-state index is 0.134. The first-order valence-electron chi connectivity index (χ1n) is 8.97. The molecule has 0 unspecified atom stereocenters. The molecule has 30 heavy (non-hydrogen) atoms. The second kappa shape index (κ2) is 6.96. The summed E-state index contributed by atoms with van der Waals surface area (Å²) in [6, 6.07) is 1.75. The molecule has 3 aromatic rings. The molecule has 0 spiro atoms. The maximum absolute atomic E-state index is 14.5. The van der Waals surface area contributed by atoms with E-state index in [1.165, 1.54) is 0 Å². The number of fused-ring (bicyclic) bond motifs is 3. The Kier molecular flexibility index (Phi) is 4.79. The highest BCUT2D eigenvalue weighted by atomic mass is 19.4. The first-order valence-corrected chi connectivity index (χ1v) is 8.97. The summed E-state index contributed by atoms with van der Waals surface area (Å²) in [5.74, 6) is -3.37. The van der Waals surface area contributed by atoms with Crippen molar-refractivity contribution in [1.82, 2.24) is 14.9 Å². The zero-order chi connectivity index (χ0) is 21.8. The average Bonchev–Trinajstić information content (AvgIpc) is 3.02. The number of alkyl halides is 6. The summed E-state index contributed by atoms with van der Waals surface area (Å²) in [5.41, 5.74) is -3.08. The fraction of sp³-hybridized carbons (Fsp3) is 0.444. The molecule has 5 nitrogen and oxygen atoms in total. The lowest BCUT2D eigenvalue weighted by molar-refractivity contribution is -0.160. The van der Waals surface area contributed by atoms with Crippen LogP contribution in [0.5, 0.6) is 0 Å². The minimum atomic E-state index is -5.28. The van der Waals surface area contributed by atoms with E-state index in [-0.39, 0.29) is 16.2 Å². The second-order valence-corrected chi connectivity index (χ2v) is 7.10. The van der Waals surface area contributed by atoms with Gasteiger partial charge in [0.1, 0.15) is 23.3 Å². The fourth-order valence-corrected chi connectivity index (χ4v) is 3.74. The van der Waals surface area contributed by atoms with E-state index >= 15 is 0 Å². The van der Waals surface area contributed by atoms with E-state index in [4.69, 9.17) is 4.42 Å². The Bertz CT molecular complexity index is 1170. The van der Waals surface area contributed by atoms with Crippen molar-refractivity contribution < 1.29 is 35.2 Å². The van der Waals surface area contributed by atoms with Crippen molar-refractivity contribution >= 4 is 22.0 Å². The van der Waals surface area contributed by atoms with Crippen molar-refractivity contribution in [3.63, 3.8) is 0 Å². The monoisotopic (exact) mass is 437 g/mol. The number of nitrogens with zero attached hydrogens (tertiary/aromatic N) is 2. The number of halogens is 7. The summed E-state index contributed by atoms with van der Waals surface area (Å²) < 4.78 is 99.2. The van der Waals surface area contributed by atoms with Crippen LogP contribution in [0.4, 0.5) is 30.7 Å². The molecule has 0 amide bonds. The van der Waals surface area contributed by atoms with Gasteiger partial charge in [-0.1, -0.05) is 0 Å². The Morgan fingerprint density at radius 1 is 1.13 bits per heavy atom. The van der Waals surface area contributed by atoms with Crippen LogP contribution in [0, 0.1) is 5.82 Å². The molecular weight excluding hydrogens is 423 g/mol. The van der Waals surface area contributed by atoms with E-state index < -0.39 is 58.0 Å². The molecule has 1 N–H and O–H groups in total. The van der Waals surface area contributed by atoms with Crippen LogP contribution >= 0.6 is 0 Å². The third-order valence-corrected chi connectivity index (χ3v) is 5.02. The highest BCUT2D eigenvalue weighted by Gasteiger charge is 2.42. The Hall–Kier alpha value is -2.63. The van der Waals surface area contributed by atoms with Crippen molar-refractivity contribution in [1.29, 1.82) is 0 Å². The van der Waals surface area contributed by atoms with Gasteiger partial charge < -0.3 is 14.3 Å². The number of rotatable bonds is 2. The van der Waals surface area contributed by atoms with Crippen LogP contribution in [0.3, 0.4) is 0 Å². The number of hydrogen-bond donors (Lipinski definition) is 1. The number of imidazole rings is 1. The third-order valence-electron chi connectivity index (χ3n) is 5.02. The summed E-state index contributed by atoms with van der Waals surface area (Å²) in [5, 5.41) is 2.65. The molecule has 1 aromatic carbocycles. The summed E-state index contributed by atoms with van der Waals surface area (Å²) in [6.45, 7) is -0.858. The maximum Gasteiger partial charge on any atom is 0.449 e. The molecule has 2 aromatic heterocycles. The Balaban J connectivity index is 2.08. The zero-order valence-electron chi connectivity index (χ0n) is 15.1. The van der Waals surface area contributed by atoms with Crippen LogP contribution in [0.15, 0.2) is 21.3 Å². The third kappa shape index (κ3) is 3.64. The molecule has 3 heterocycles. The smallest absolute Gasteiger partial charge is 0.449 e. The fourth-order valence-electron chi connectivity index (χ4n) is 3.74. The lowest BCUT2D eigenvalue weighted by Crippen LogP contribution is -2.27. The van der Waals surface area contributed by atoms with Crippen molar-refractivity contribution in [3.8, 4) is 0 Å². The molecular formula is C18H14F7N3O2. The van der Waals surface area contributed by atoms with Gasteiger partial charge in [-0.25, -0.2) is 9.37 Å². The molecule has 0 bridgehead atoms. The van der Waals surface area contributed by atoms with Crippen molar-refractivity contribution in [2.75, 3.05) is 13.1 Å². The first kappa shape index (κ1) is 20.6. The van der Waals surface area contributed by atoms with Crippen LogP contribution < -0.4 is 10.7 Å². The highest BCUT2D eigenvalue weighted by Crippen LogP contribution is 2.38. The SMILES string of the molecule is O=c1cc(C2CCNCC2)oc2c1cc(F)c1nc(C(F)(F)F)n(CC(F)(F)F)c12. The molecule has 0 aliphatic carbocycles. The normalized spacial score (nSPS) is 16.6. The molecule has 1 saturated heterocycles. The van der Waals surface area contributed by atoms with Gasteiger partial charge in [0.05, 0.1) is 5.39 Å². The second-order valence-electron chi connectivity index (χ2n) is 7.10. The number of aromatic nitrogens is 2. The topological polar surface area (TPSA) is 60.1 Å². The standard InChI is InChI=1S/C18H14F7N3O2/c19-10-5-9-11(29)6-12(8-1-3-26-4-2-8)30-15(9)14-13(10)27-16(18(23,24)25)28(14)7-17(20,21)22/h5-6,8,26H,1-4,7H2. The van der Waals surface area contributed by atoms with Gasteiger partial charge >= 0.3 is 12.4 Å². The lowest BCUT2D eigenvalue weighted by Gasteiger charge is -2.22. The van der Waals surface area contributed by atoms with Crippen LogP contribution in [0.1, 0.15) is 30.3 Å². The van der Waals surface area contributed by atoms with E-state index in [0.717, 1.165) is 6.07 Å². The van der Waals surface area contributed by atoms with Gasteiger partial charge in [0.2, 0.25) is 5.82 Å². The van der Waals surface area contributed by atoms with Gasteiger partial charge in [-0.05, 0) is 32.0 Å². The predicted molar refractivity (Wildman–Crippen MR) is 91.6 cm³/mol. The molecule has 162 valence electrons. The molecule has 0 radical (unpaired) electrons. The van der Waals surface area contributed by atoms with E-state index in [1.807, 2.05) is 0 Å². The van der Waals surface area contributed by atoms with Crippen molar-refractivity contribution in [2.24, 2.45) is 0 Å². The van der Waals surface area contributed by atoms with Gasteiger partial charge in [-0.15, -0.1) is 0 Å². The molecule has 1 fully saturated rings. The van der Waals surface area contributed by atoms with Gasteiger partial charge in [0, 0.05) is 12.0 Å². The number of hydrogen-bond acceptors (Lipinski definition) is 4. The average molecular weight is 437 g/mol. The summed E-state index contributed by atoms with van der Waals surface area (Å²) in [7, 11) is 0. The molecule has 1 aliphatic rings. The molecule has 0 atom stereocenters. The lowest BCUT2D eigenvalue weighted by atomic mass is 9.95. The van der Waals surface area contributed by atoms with Crippen LogP contribution in [0.2, 0.25) is 0 Å². The van der Waals surface area contributed by atoms with Crippen LogP contribution in [-0.4, -0.2) is 28.8 Å². The minimum Gasteiger partial charge on any atom is -0.458 e. The number of benzene rings is 1. The summed E-state index contributed by atoms with van der Waals surface area (Å²) in [6.07, 6.45) is -9.21. The first-order chi connectivity index (χ1) is 14.0. The maximum atomic E-state index is 14.5. The summed E-state index contributed by atoms with van der Waals surface area (Å²) in [4.78, 5) is 15.6. The van der Waals surface area contributed by atoms with Crippen LogP contribution in [0.25, 0.3) is 22.0 Å². The number of nitrogens with one attached hydrogen (secondary N) is 1. The quantitative estimate of drug-likeness (QED) is 0.607. The Morgan fingerprint density at radius 3 is 2.40 bits per heavy atom. The van der Waals surface area contributed by atoms with Gasteiger partial charge in [-0.3, -0.25) is 4.79 Å². The largest absolute Gasteiger partial charge is 0.458 e. The molecule has 0 saturated carbocycles. The molecule has 4 rings (SSSR count). The van der Waals surface area contributed by atoms with E-state index in [2.05, 4.69) is 10.3 Å². The highest BCUT2D eigenvalue weighted by molar-refractivity contribution is 6.01. The zero-order valence-corrected chi connectivity index (χ0v) is 15.1. The Labute approximate surface area is 163 Å². The number of piperidine rings is 1. The van der Waals surface area contributed by atoms with E-state index in [0.29, 0.717) is 32.0 Å². The van der Waals surface area contributed by atoms with E-state index in [1.54, 1.807) is 0 Å². The van der Waals surface area contributed by atoms with E-state index in [9.17, 15) is 35.5 Å². The van der Waals surface area contributed by atoms with Crippen molar-refractivity contribution in [3.05, 3.63) is 39.8 Å². The van der Waals surface area contributed by atoms with Gasteiger partial charge in [0.15, 0.2) is 16.8 Å². The predicted octanol–water partition coefficient (Wildman–Crippen LogP) is 4.33. The summed E-state index contributed by atoms with van der Waals surface area (Å²) >= 11 is 0. The van der Waals surface area contributed by atoms with Gasteiger partial charge in [-0.2, -0.15) is 26.3 Å². The Morgan fingerprint density at radius 2 is 1.80 bits per heavy atom.